The number of esters is 1. The molecule has 8 atom stereocenters. The van der Waals surface area contributed by atoms with E-state index in [-0.39, 0.29) is 29.1 Å². The Kier molecular flexibility index (Phi) is 4.80. The minimum atomic E-state index is -0.687. The predicted octanol–water partition coefficient (Wildman–Crippen LogP) is 3.09. The first-order valence-electron chi connectivity index (χ1n) is 10.7. The summed E-state index contributed by atoms with van der Waals surface area (Å²) in [7, 11) is 0. The Bertz CT molecular complexity index is 727. The van der Waals surface area contributed by atoms with Crippen molar-refractivity contribution in [1.82, 2.24) is 0 Å². The van der Waals surface area contributed by atoms with Crippen LogP contribution in [-0.2, 0) is 19.1 Å². The maximum absolute atomic E-state index is 12.6. The number of Topliss-reactive ketones (excluding diaryl/α,β-unsaturated/α-hetero) is 2. The van der Waals surface area contributed by atoms with Crippen LogP contribution < -0.4 is 0 Å². The lowest BCUT2D eigenvalue weighted by atomic mass is 9.47. The molecular formula is C23H32O5. The molecule has 0 radical (unpaired) electrons. The fraction of sp³-hybridized carbons (Fsp3) is 0.783. The normalized spacial score (nSPS) is 47.1. The zero-order valence-electron chi connectivity index (χ0n) is 17.1. The summed E-state index contributed by atoms with van der Waals surface area (Å²) in [6, 6.07) is 0. The summed E-state index contributed by atoms with van der Waals surface area (Å²) >= 11 is 0. The molecular weight excluding hydrogens is 356 g/mol. The maximum atomic E-state index is 12.6. The number of aliphatic hydroxyl groups is 1. The van der Waals surface area contributed by atoms with E-state index in [1.165, 1.54) is 6.92 Å². The van der Waals surface area contributed by atoms with Gasteiger partial charge in [0.25, 0.3) is 0 Å². The van der Waals surface area contributed by atoms with Gasteiger partial charge in [-0.3, -0.25) is 14.4 Å². The second-order valence-electron chi connectivity index (χ2n) is 10.1. The number of hydrogen-bond donors (Lipinski definition) is 1. The fourth-order valence-electron chi connectivity index (χ4n) is 7.03. The third-order valence-electron chi connectivity index (χ3n) is 8.82. The average molecular weight is 389 g/mol. The van der Waals surface area contributed by atoms with Gasteiger partial charge in [0, 0.05) is 25.7 Å². The minimum Gasteiger partial charge on any atom is -0.458 e. The number of ether oxygens (including phenoxy) is 1. The number of carbonyl (C=O) groups is 3. The van der Waals surface area contributed by atoms with Gasteiger partial charge in [0.2, 0.25) is 0 Å². The first kappa shape index (κ1) is 19.8. The Balaban J connectivity index is 1.59. The van der Waals surface area contributed by atoms with Gasteiger partial charge in [-0.1, -0.05) is 26.0 Å². The molecule has 0 amide bonds. The summed E-state index contributed by atoms with van der Waals surface area (Å²) in [4.78, 5) is 35.7. The van der Waals surface area contributed by atoms with Crippen molar-refractivity contribution >= 4 is 17.5 Å². The van der Waals surface area contributed by atoms with Crippen LogP contribution in [0.5, 0.6) is 0 Å². The second-order valence-corrected chi connectivity index (χ2v) is 10.1. The van der Waals surface area contributed by atoms with Crippen LogP contribution in [0, 0.1) is 40.4 Å². The van der Waals surface area contributed by atoms with Crippen molar-refractivity contribution < 1.29 is 24.2 Å². The number of fused-ring (bicyclic) bond motifs is 5. The summed E-state index contributed by atoms with van der Waals surface area (Å²) < 4.78 is 4.91. The summed E-state index contributed by atoms with van der Waals surface area (Å²) in [5.41, 5.74) is -0.144. The van der Waals surface area contributed by atoms with Crippen LogP contribution >= 0.6 is 0 Å². The van der Waals surface area contributed by atoms with Crippen LogP contribution in [0.2, 0.25) is 0 Å². The van der Waals surface area contributed by atoms with Crippen LogP contribution in [-0.4, -0.2) is 35.4 Å². The molecule has 1 N–H and O–H groups in total. The molecule has 0 bridgehead atoms. The quantitative estimate of drug-likeness (QED) is 0.594. The fourth-order valence-corrected chi connectivity index (χ4v) is 7.03. The lowest BCUT2D eigenvalue weighted by Crippen LogP contribution is -2.52. The topological polar surface area (TPSA) is 80.7 Å². The van der Waals surface area contributed by atoms with Gasteiger partial charge in [0.05, 0.1) is 6.10 Å². The Morgan fingerprint density at radius 1 is 1.18 bits per heavy atom. The Morgan fingerprint density at radius 2 is 1.93 bits per heavy atom. The van der Waals surface area contributed by atoms with Crippen LogP contribution in [0.1, 0.15) is 59.3 Å². The molecule has 3 fully saturated rings. The van der Waals surface area contributed by atoms with Gasteiger partial charge in [-0.2, -0.15) is 0 Å². The van der Waals surface area contributed by atoms with Gasteiger partial charge < -0.3 is 9.84 Å². The smallest absolute Gasteiger partial charge is 0.303 e. The van der Waals surface area contributed by atoms with E-state index in [0.29, 0.717) is 42.8 Å². The zero-order chi connectivity index (χ0) is 20.3. The van der Waals surface area contributed by atoms with E-state index in [1.807, 2.05) is 0 Å². The predicted molar refractivity (Wildman–Crippen MR) is 103 cm³/mol. The molecule has 5 heteroatoms. The summed E-state index contributed by atoms with van der Waals surface area (Å²) in [6.45, 7) is 5.53. The third-order valence-corrected chi connectivity index (χ3v) is 8.82. The van der Waals surface area contributed by atoms with Crippen molar-refractivity contribution in [1.29, 1.82) is 0 Å². The van der Waals surface area contributed by atoms with Gasteiger partial charge >= 0.3 is 5.97 Å². The average Bonchev–Trinajstić information content (AvgIpc) is 2.92. The second kappa shape index (κ2) is 6.79. The molecule has 4 aliphatic rings. The Labute approximate surface area is 166 Å². The highest BCUT2D eigenvalue weighted by molar-refractivity contribution is 5.85. The van der Waals surface area contributed by atoms with Gasteiger partial charge in [-0.15, -0.1) is 0 Å². The van der Waals surface area contributed by atoms with E-state index >= 15 is 0 Å². The van der Waals surface area contributed by atoms with E-state index in [2.05, 4.69) is 26.0 Å². The number of aliphatic hydroxyl groups excluding tert-OH is 1. The van der Waals surface area contributed by atoms with Crippen molar-refractivity contribution in [2.45, 2.75) is 65.4 Å². The van der Waals surface area contributed by atoms with Gasteiger partial charge in [-0.25, -0.2) is 0 Å². The van der Waals surface area contributed by atoms with Crippen LogP contribution in [0.3, 0.4) is 0 Å². The molecule has 3 saturated carbocycles. The maximum Gasteiger partial charge on any atom is 0.303 e. The lowest BCUT2D eigenvalue weighted by Gasteiger charge is -2.57. The third kappa shape index (κ3) is 2.89. The molecule has 154 valence electrons. The van der Waals surface area contributed by atoms with Gasteiger partial charge in [0.15, 0.2) is 5.78 Å². The highest BCUT2D eigenvalue weighted by Gasteiger charge is 2.62. The highest BCUT2D eigenvalue weighted by atomic mass is 16.5. The lowest BCUT2D eigenvalue weighted by molar-refractivity contribution is -0.148. The van der Waals surface area contributed by atoms with Crippen LogP contribution in [0.25, 0.3) is 0 Å². The molecule has 0 heterocycles. The van der Waals surface area contributed by atoms with Crippen LogP contribution in [0.4, 0.5) is 0 Å². The largest absolute Gasteiger partial charge is 0.458 e. The SMILES string of the molecule is CC(=O)OCC(=O)C1C[C@H]2[C@@H]3C=CC4CC(=O)CC[C@]4(C)[C@H]3CC[C@]2(C)C1O. The van der Waals surface area contributed by atoms with Crippen LogP contribution in [0.15, 0.2) is 12.2 Å². The van der Waals surface area contributed by atoms with Crippen molar-refractivity contribution in [3.8, 4) is 0 Å². The molecule has 0 aromatic heterocycles. The van der Waals surface area contributed by atoms with E-state index in [4.69, 9.17) is 4.74 Å². The van der Waals surface area contributed by atoms with Crippen molar-refractivity contribution in [3.63, 3.8) is 0 Å². The summed E-state index contributed by atoms with van der Waals surface area (Å²) in [6.07, 6.45) is 8.74. The molecule has 0 aliphatic heterocycles. The molecule has 4 rings (SSSR count). The van der Waals surface area contributed by atoms with Crippen molar-refractivity contribution in [3.05, 3.63) is 12.2 Å². The molecule has 0 spiro atoms. The zero-order valence-corrected chi connectivity index (χ0v) is 17.1. The Hall–Kier alpha value is -1.49. The van der Waals surface area contributed by atoms with E-state index in [9.17, 15) is 19.5 Å². The molecule has 3 unspecified atom stereocenters. The molecule has 0 saturated heterocycles. The minimum absolute atomic E-state index is 0.138. The number of rotatable bonds is 3. The monoisotopic (exact) mass is 388 g/mol. The van der Waals surface area contributed by atoms with E-state index in [1.54, 1.807) is 0 Å². The number of hydrogen-bond acceptors (Lipinski definition) is 5. The van der Waals surface area contributed by atoms with Crippen molar-refractivity contribution in [2.24, 2.45) is 40.4 Å². The van der Waals surface area contributed by atoms with Gasteiger partial charge in [0.1, 0.15) is 12.4 Å². The molecule has 28 heavy (non-hydrogen) atoms. The van der Waals surface area contributed by atoms with Crippen molar-refractivity contribution in [2.75, 3.05) is 6.61 Å². The Morgan fingerprint density at radius 3 is 2.64 bits per heavy atom. The standard InChI is InChI=1S/C23H32O5/c1-13(24)28-12-20(26)17-11-19-16-5-4-14-10-15(25)6-8-22(14,2)18(16)7-9-23(19,3)21(17)27/h4-5,14,16-19,21,27H,6-12H2,1-3H3/t14?,16-,17?,18+,19+,21?,22+,23+/m1/s1. The number of carbonyl (C=O) groups excluding carboxylic acids is 3. The van der Waals surface area contributed by atoms with E-state index in [0.717, 1.165) is 19.3 Å². The summed E-state index contributed by atoms with van der Waals surface area (Å²) in [5, 5.41) is 11.1. The molecule has 5 nitrogen and oxygen atoms in total. The summed E-state index contributed by atoms with van der Waals surface area (Å²) in [5.74, 6) is 0.704. The molecule has 4 aliphatic carbocycles. The first-order chi connectivity index (χ1) is 13.2. The first-order valence-corrected chi connectivity index (χ1v) is 10.7. The number of allylic oxidation sites excluding steroid dienone is 2. The molecule has 0 aromatic carbocycles. The highest BCUT2D eigenvalue weighted by Crippen LogP contribution is 2.65. The number of ketones is 2. The van der Waals surface area contributed by atoms with Gasteiger partial charge in [-0.05, 0) is 60.2 Å². The molecule has 0 aromatic rings. The van der Waals surface area contributed by atoms with E-state index < -0.39 is 18.0 Å².